The van der Waals surface area contributed by atoms with Crippen LogP contribution in [0.1, 0.15) is 26.7 Å². The van der Waals surface area contributed by atoms with Gasteiger partial charge in [0.2, 0.25) is 0 Å². The SMILES string of the molecule is C[CH2][Sn]([CH2]C)([CH2]CCN)[CH2]CCN. The van der Waals surface area contributed by atoms with Gasteiger partial charge >= 0.3 is 87.4 Å². The van der Waals surface area contributed by atoms with Gasteiger partial charge in [-0.3, -0.25) is 0 Å². The monoisotopic (exact) mass is 294 g/mol. The van der Waals surface area contributed by atoms with Gasteiger partial charge < -0.3 is 0 Å². The molecule has 0 atom stereocenters. The van der Waals surface area contributed by atoms with E-state index in [4.69, 9.17) is 11.5 Å². The van der Waals surface area contributed by atoms with Crippen molar-refractivity contribution in [1.29, 1.82) is 0 Å². The van der Waals surface area contributed by atoms with Crippen LogP contribution in [-0.2, 0) is 0 Å². The van der Waals surface area contributed by atoms with Crippen LogP contribution in [0, 0.1) is 0 Å². The number of hydrogen-bond acceptors (Lipinski definition) is 2. The molecule has 0 fully saturated rings. The molecule has 0 aromatic heterocycles. The van der Waals surface area contributed by atoms with Gasteiger partial charge in [-0.05, 0) is 0 Å². The molecule has 0 amide bonds. The van der Waals surface area contributed by atoms with Crippen molar-refractivity contribution in [3.05, 3.63) is 0 Å². The summed E-state index contributed by atoms with van der Waals surface area (Å²) in [5.41, 5.74) is 11.2. The van der Waals surface area contributed by atoms with Crippen molar-refractivity contribution >= 4 is 18.4 Å². The maximum absolute atomic E-state index is 5.58. The van der Waals surface area contributed by atoms with Gasteiger partial charge in [0.1, 0.15) is 0 Å². The molecular weight excluding hydrogens is 267 g/mol. The summed E-state index contributed by atoms with van der Waals surface area (Å²) in [5.74, 6) is 0. The Morgan fingerprint density at radius 3 is 1.46 bits per heavy atom. The first-order valence-electron chi connectivity index (χ1n) is 5.64. The summed E-state index contributed by atoms with van der Waals surface area (Å²) in [5, 5.41) is 0. The van der Waals surface area contributed by atoms with Gasteiger partial charge in [-0.1, -0.05) is 0 Å². The zero-order chi connectivity index (χ0) is 10.2. The average Bonchev–Trinajstić information content (AvgIpc) is 2.20. The Labute approximate surface area is 87.3 Å². The predicted octanol–water partition coefficient (Wildman–Crippen LogP) is 2.17. The molecule has 0 aromatic carbocycles. The number of hydrogen-bond donors (Lipinski definition) is 2. The molecule has 0 radical (unpaired) electrons. The fourth-order valence-electron chi connectivity index (χ4n) is 2.04. The third-order valence-electron chi connectivity index (χ3n) is 3.32. The summed E-state index contributed by atoms with van der Waals surface area (Å²) < 4.78 is 5.92. The van der Waals surface area contributed by atoms with Crippen LogP contribution in [0.15, 0.2) is 0 Å². The van der Waals surface area contributed by atoms with E-state index in [1.807, 2.05) is 0 Å². The summed E-state index contributed by atoms with van der Waals surface area (Å²) in [4.78, 5) is 0. The first kappa shape index (κ1) is 13.7. The van der Waals surface area contributed by atoms with Crippen LogP contribution in [0.4, 0.5) is 0 Å². The van der Waals surface area contributed by atoms with Crippen LogP contribution < -0.4 is 11.5 Å². The van der Waals surface area contributed by atoms with Crippen molar-refractivity contribution in [1.82, 2.24) is 0 Å². The average molecular weight is 293 g/mol. The zero-order valence-electron chi connectivity index (χ0n) is 9.31. The van der Waals surface area contributed by atoms with E-state index in [0.717, 1.165) is 13.1 Å². The Kier molecular flexibility index (Phi) is 8.51. The summed E-state index contributed by atoms with van der Waals surface area (Å²) in [7, 11) is 0. The van der Waals surface area contributed by atoms with Gasteiger partial charge in [-0.15, -0.1) is 0 Å². The molecule has 0 aromatic rings. The Balaban J connectivity index is 3.97. The number of nitrogens with two attached hydrogens (primary N) is 2. The summed E-state index contributed by atoms with van der Waals surface area (Å²) in [6.45, 7) is 6.52. The van der Waals surface area contributed by atoms with E-state index in [9.17, 15) is 0 Å². The fraction of sp³-hybridized carbons (Fsp3) is 1.00. The first-order valence-corrected chi connectivity index (χ1v) is 13.7. The second-order valence-corrected chi connectivity index (χ2v) is 19.4. The molecule has 0 rings (SSSR count). The van der Waals surface area contributed by atoms with Gasteiger partial charge in [0.15, 0.2) is 0 Å². The van der Waals surface area contributed by atoms with Gasteiger partial charge in [0.05, 0.1) is 0 Å². The molecule has 0 spiro atoms. The van der Waals surface area contributed by atoms with Gasteiger partial charge in [-0.2, -0.15) is 0 Å². The van der Waals surface area contributed by atoms with Gasteiger partial charge in [0.25, 0.3) is 0 Å². The van der Waals surface area contributed by atoms with Crippen LogP contribution >= 0.6 is 0 Å². The summed E-state index contributed by atoms with van der Waals surface area (Å²) in [6.07, 6.45) is 2.50. The molecule has 80 valence electrons. The molecule has 0 aliphatic heterocycles. The summed E-state index contributed by atoms with van der Waals surface area (Å²) in [6, 6.07) is 0. The van der Waals surface area contributed by atoms with E-state index in [1.165, 1.54) is 30.6 Å². The quantitative estimate of drug-likeness (QED) is 0.674. The van der Waals surface area contributed by atoms with Crippen LogP contribution in [0.3, 0.4) is 0 Å². The molecule has 4 N–H and O–H groups in total. The van der Waals surface area contributed by atoms with E-state index in [0.29, 0.717) is 0 Å². The number of rotatable bonds is 8. The molecule has 2 nitrogen and oxygen atoms in total. The van der Waals surface area contributed by atoms with Crippen molar-refractivity contribution < 1.29 is 0 Å². The van der Waals surface area contributed by atoms with E-state index < -0.39 is 18.4 Å². The predicted molar refractivity (Wildman–Crippen MR) is 63.7 cm³/mol. The van der Waals surface area contributed by atoms with Crippen LogP contribution in [0.2, 0.25) is 17.7 Å². The minimum atomic E-state index is -1.70. The second kappa shape index (κ2) is 8.06. The third kappa shape index (κ3) is 5.23. The summed E-state index contributed by atoms with van der Waals surface area (Å²) >= 11 is -1.70. The Hall–Kier alpha value is 0.719. The zero-order valence-corrected chi connectivity index (χ0v) is 12.2. The van der Waals surface area contributed by atoms with E-state index in [1.54, 1.807) is 0 Å². The molecule has 0 bridgehead atoms. The molecule has 0 heterocycles. The molecule has 0 unspecified atom stereocenters. The molecule has 13 heavy (non-hydrogen) atoms. The third-order valence-corrected chi connectivity index (χ3v) is 20.0. The maximum atomic E-state index is 5.58. The molecule has 0 saturated carbocycles. The molecule has 3 heteroatoms. The van der Waals surface area contributed by atoms with Crippen molar-refractivity contribution in [2.24, 2.45) is 11.5 Å². The van der Waals surface area contributed by atoms with Crippen molar-refractivity contribution in [3.8, 4) is 0 Å². The second-order valence-electron chi connectivity index (χ2n) is 3.99. The van der Waals surface area contributed by atoms with E-state index >= 15 is 0 Å². The molecule has 0 aliphatic carbocycles. The molecule has 0 saturated heterocycles. The topological polar surface area (TPSA) is 52.0 Å². The Morgan fingerprint density at radius 2 is 1.23 bits per heavy atom. The van der Waals surface area contributed by atoms with E-state index in [-0.39, 0.29) is 0 Å². The fourth-order valence-corrected chi connectivity index (χ4v) is 13.7. The Morgan fingerprint density at radius 1 is 0.846 bits per heavy atom. The van der Waals surface area contributed by atoms with E-state index in [2.05, 4.69) is 13.8 Å². The molecular formula is C10H26N2Sn. The van der Waals surface area contributed by atoms with Gasteiger partial charge in [-0.25, -0.2) is 0 Å². The standard InChI is InChI=1S/2C3H8N.2C2H5.Sn/c2*1-2-3-4;2*1-2;/h2*1-4H2;2*1H2,2H3;. The van der Waals surface area contributed by atoms with Crippen LogP contribution in [0.25, 0.3) is 0 Å². The van der Waals surface area contributed by atoms with Gasteiger partial charge in [0, 0.05) is 0 Å². The minimum absolute atomic E-state index is 0.876. The van der Waals surface area contributed by atoms with Crippen molar-refractivity contribution in [2.45, 2.75) is 44.4 Å². The molecule has 0 aliphatic rings. The first-order chi connectivity index (χ1) is 6.24. The normalized spacial score (nSPS) is 12.0. The van der Waals surface area contributed by atoms with Crippen molar-refractivity contribution in [2.75, 3.05) is 13.1 Å². The Bertz CT molecular complexity index is 103. The van der Waals surface area contributed by atoms with Crippen LogP contribution in [-0.4, -0.2) is 31.5 Å². The van der Waals surface area contributed by atoms with Crippen LogP contribution in [0.5, 0.6) is 0 Å². The van der Waals surface area contributed by atoms with Crippen molar-refractivity contribution in [3.63, 3.8) is 0 Å².